The molecule has 7 N–H and O–H groups in total. The molecule has 1 aromatic rings. The van der Waals surface area contributed by atoms with Crippen LogP contribution >= 0.6 is 7.60 Å². The van der Waals surface area contributed by atoms with Gasteiger partial charge in [-0.25, -0.2) is 0 Å². The first-order valence-electron chi connectivity index (χ1n) is 15.6. The summed E-state index contributed by atoms with van der Waals surface area (Å²) < 4.78 is 11.2. The van der Waals surface area contributed by atoms with Crippen molar-refractivity contribution in [3.8, 4) is 0 Å². The quantitative estimate of drug-likeness (QED) is 0.143. The number of rotatable bonds is 14. The van der Waals surface area contributed by atoms with E-state index in [9.17, 15) is 4.57 Å². The Kier molecular flexibility index (Phi) is 10.6. The van der Waals surface area contributed by atoms with E-state index in [0.29, 0.717) is 24.2 Å². The maximum Gasteiger partial charge on any atom is 0.326 e. The van der Waals surface area contributed by atoms with Crippen molar-refractivity contribution in [1.82, 2.24) is 25.5 Å². The molecule has 11 nitrogen and oxygen atoms in total. The number of hydrogen-bond donors (Lipinski definition) is 6. The average molecular weight is 579 g/mol. The van der Waals surface area contributed by atoms with E-state index in [-0.39, 0.29) is 6.16 Å². The van der Waals surface area contributed by atoms with E-state index in [4.69, 9.17) is 20.5 Å². The topological polar surface area (TPSA) is 152 Å². The van der Waals surface area contributed by atoms with Crippen LogP contribution in [0.3, 0.4) is 0 Å². The predicted octanol–water partition coefficient (Wildman–Crippen LogP) is 2.33. The fraction of sp³-hybridized carbons (Fsp3) is 0.857. The van der Waals surface area contributed by atoms with Crippen LogP contribution in [-0.2, 0) is 4.57 Å². The fourth-order valence-corrected chi connectivity index (χ4v) is 7.89. The molecule has 2 unspecified atom stereocenters. The second-order valence-corrected chi connectivity index (χ2v) is 14.5. The van der Waals surface area contributed by atoms with Crippen molar-refractivity contribution in [1.29, 1.82) is 0 Å². The standard InChI is InChI=1S/C28H51N8O3P/c29-26-18-27(36-12-10-35(11-13-36)14-15-40(37,38)39)34-28(33-26)32-20-22-4-2-21(3-5-22)19-30-8-1-9-31-25-17-23-6-7-24(25)16-23/h18,21-25,30-31H,1-17,19-20H2,(H2,37,38,39)(H3,29,32,33,34)/t21?,22?,23-,24?,25?/m1/s1. The van der Waals surface area contributed by atoms with Crippen LogP contribution in [0, 0.1) is 23.7 Å². The van der Waals surface area contributed by atoms with E-state index >= 15 is 0 Å². The van der Waals surface area contributed by atoms with Gasteiger partial charge in [-0.1, -0.05) is 6.42 Å². The van der Waals surface area contributed by atoms with Crippen molar-refractivity contribution in [2.75, 3.05) is 81.0 Å². The maximum atomic E-state index is 11.2. The number of hydrogen-bond acceptors (Lipinski definition) is 9. The zero-order valence-corrected chi connectivity index (χ0v) is 24.9. The number of nitrogen functional groups attached to an aromatic ring is 1. The Morgan fingerprint density at radius 3 is 2.38 bits per heavy atom. The van der Waals surface area contributed by atoms with Gasteiger partial charge < -0.3 is 36.4 Å². The Bertz CT molecular complexity index is 980. The van der Waals surface area contributed by atoms with Gasteiger partial charge in [-0.3, -0.25) is 9.46 Å². The molecule has 4 aliphatic rings. The van der Waals surface area contributed by atoms with Gasteiger partial charge in [-0.2, -0.15) is 9.97 Å². The summed E-state index contributed by atoms with van der Waals surface area (Å²) in [5, 5.41) is 11.0. The Hall–Kier alpha value is -1.49. The highest BCUT2D eigenvalue weighted by molar-refractivity contribution is 7.51. The van der Waals surface area contributed by atoms with Crippen molar-refractivity contribution >= 4 is 25.2 Å². The molecule has 2 bridgehead atoms. The maximum absolute atomic E-state index is 11.2. The molecule has 1 saturated heterocycles. The number of anilines is 3. The Balaban J connectivity index is 0.943. The van der Waals surface area contributed by atoms with Crippen LogP contribution in [0.25, 0.3) is 0 Å². The van der Waals surface area contributed by atoms with E-state index in [2.05, 4.69) is 30.7 Å². The number of nitrogens with zero attached hydrogens (tertiary/aromatic N) is 4. The Morgan fingerprint density at radius 1 is 0.950 bits per heavy atom. The van der Waals surface area contributed by atoms with E-state index in [0.717, 1.165) is 82.0 Å². The third-order valence-corrected chi connectivity index (χ3v) is 10.5. The van der Waals surface area contributed by atoms with Crippen LogP contribution < -0.4 is 26.6 Å². The zero-order valence-electron chi connectivity index (χ0n) is 24.0. The number of nitrogens with one attached hydrogen (secondary N) is 3. The van der Waals surface area contributed by atoms with Crippen LogP contribution in [0.4, 0.5) is 17.6 Å². The summed E-state index contributed by atoms with van der Waals surface area (Å²) >= 11 is 0. The van der Waals surface area contributed by atoms with Crippen LogP contribution in [0.5, 0.6) is 0 Å². The summed E-state index contributed by atoms with van der Waals surface area (Å²) in [6.07, 6.45) is 12.0. The second-order valence-electron chi connectivity index (χ2n) is 12.8. The largest absolute Gasteiger partial charge is 0.383 e. The number of piperazine rings is 1. The monoisotopic (exact) mass is 578 g/mol. The lowest BCUT2D eigenvalue weighted by Gasteiger charge is -2.35. The predicted molar refractivity (Wildman–Crippen MR) is 161 cm³/mol. The van der Waals surface area contributed by atoms with Crippen LogP contribution in [-0.4, -0.2) is 95.8 Å². The SMILES string of the molecule is Nc1cc(N2CCN(CCP(=O)(O)O)CC2)nc(NCC2CCC(CNCCCNC3C[C@@H]4CCC3C4)CC2)n1. The summed E-state index contributed by atoms with van der Waals surface area (Å²) in [4.78, 5) is 31.7. The van der Waals surface area contributed by atoms with E-state index in [1.807, 2.05) is 6.07 Å². The molecular weight excluding hydrogens is 527 g/mol. The first-order valence-corrected chi connectivity index (χ1v) is 17.4. The van der Waals surface area contributed by atoms with Gasteiger partial charge in [0.1, 0.15) is 11.6 Å². The summed E-state index contributed by atoms with van der Waals surface area (Å²) in [6, 6.07) is 2.61. The highest BCUT2D eigenvalue weighted by Crippen LogP contribution is 2.44. The summed E-state index contributed by atoms with van der Waals surface area (Å²) in [7, 11) is -3.96. The molecule has 12 heteroatoms. The van der Waals surface area contributed by atoms with E-state index in [1.54, 1.807) is 0 Å². The smallest absolute Gasteiger partial charge is 0.326 e. The van der Waals surface area contributed by atoms with E-state index < -0.39 is 7.60 Å². The van der Waals surface area contributed by atoms with Gasteiger partial charge in [0.05, 0.1) is 6.16 Å². The lowest BCUT2D eigenvalue weighted by Crippen LogP contribution is -2.47. The molecular formula is C28H51N8O3P. The molecule has 0 spiro atoms. The molecule has 2 heterocycles. The van der Waals surface area contributed by atoms with Gasteiger partial charge in [-0.05, 0) is 94.7 Å². The Labute approximate surface area is 239 Å². The molecule has 5 rings (SSSR count). The van der Waals surface area contributed by atoms with E-state index in [1.165, 1.54) is 57.8 Å². The molecule has 1 aliphatic heterocycles. The minimum Gasteiger partial charge on any atom is -0.383 e. The van der Waals surface area contributed by atoms with Gasteiger partial charge >= 0.3 is 7.60 Å². The molecule has 0 radical (unpaired) electrons. The summed E-state index contributed by atoms with van der Waals surface area (Å²) in [5.41, 5.74) is 6.11. The molecule has 1 aromatic heterocycles. The molecule has 0 amide bonds. The number of fused-ring (bicyclic) bond motifs is 2. The molecule has 40 heavy (non-hydrogen) atoms. The summed E-state index contributed by atoms with van der Waals surface area (Å²) in [5.74, 6) is 5.25. The third-order valence-electron chi connectivity index (χ3n) is 9.76. The van der Waals surface area contributed by atoms with Gasteiger partial charge in [0.2, 0.25) is 5.95 Å². The minimum atomic E-state index is -3.96. The zero-order chi connectivity index (χ0) is 28.0. The second kappa shape index (κ2) is 14.1. The molecule has 3 saturated carbocycles. The van der Waals surface area contributed by atoms with Crippen LogP contribution in [0.1, 0.15) is 57.8 Å². The number of nitrogens with two attached hydrogens (primary N) is 1. The van der Waals surface area contributed by atoms with Crippen LogP contribution in [0.2, 0.25) is 0 Å². The molecule has 0 aromatic carbocycles. The molecule has 4 fully saturated rings. The highest BCUT2D eigenvalue weighted by atomic mass is 31.2. The fourth-order valence-electron chi connectivity index (χ4n) is 7.34. The van der Waals surface area contributed by atoms with Crippen molar-refractivity contribution in [3.63, 3.8) is 0 Å². The molecule has 226 valence electrons. The normalized spacial score (nSPS) is 29.2. The average Bonchev–Trinajstić information content (AvgIpc) is 3.57. The first kappa shape index (κ1) is 30.0. The van der Waals surface area contributed by atoms with Gasteiger partial charge in [-0.15, -0.1) is 0 Å². The highest BCUT2D eigenvalue weighted by Gasteiger charge is 2.38. The van der Waals surface area contributed by atoms with Crippen molar-refractivity contribution in [2.24, 2.45) is 23.7 Å². The summed E-state index contributed by atoms with van der Waals surface area (Å²) in [6.45, 7) is 7.66. The van der Waals surface area contributed by atoms with Gasteiger partial charge in [0.25, 0.3) is 0 Å². The lowest BCUT2D eigenvalue weighted by molar-refractivity contribution is 0.263. The van der Waals surface area contributed by atoms with Crippen molar-refractivity contribution in [3.05, 3.63) is 6.07 Å². The molecule has 3 aliphatic carbocycles. The Morgan fingerprint density at radius 2 is 1.70 bits per heavy atom. The van der Waals surface area contributed by atoms with Gasteiger partial charge in [0, 0.05) is 51.4 Å². The minimum absolute atomic E-state index is 0.0986. The van der Waals surface area contributed by atoms with Crippen molar-refractivity contribution < 1.29 is 14.4 Å². The van der Waals surface area contributed by atoms with Crippen molar-refractivity contribution in [2.45, 2.75) is 63.8 Å². The van der Waals surface area contributed by atoms with Crippen LogP contribution in [0.15, 0.2) is 6.07 Å². The molecule has 3 atom stereocenters. The number of aromatic nitrogens is 2. The van der Waals surface area contributed by atoms with Gasteiger partial charge in [0.15, 0.2) is 0 Å². The first-order chi connectivity index (χ1) is 19.3. The third kappa shape index (κ3) is 9.00. The lowest BCUT2D eigenvalue weighted by atomic mass is 9.82.